The predicted octanol–water partition coefficient (Wildman–Crippen LogP) is 1.83. The molecule has 5 heteroatoms. The highest BCUT2D eigenvalue weighted by molar-refractivity contribution is 5.42. The molecule has 0 atom stereocenters. The van der Waals surface area contributed by atoms with Gasteiger partial charge < -0.3 is 14.6 Å². The third-order valence-corrected chi connectivity index (χ3v) is 1.78. The van der Waals surface area contributed by atoms with Crippen molar-refractivity contribution in [2.24, 2.45) is 0 Å². The topological polar surface area (TPSA) is 38.7 Å². The first-order valence-electron chi connectivity index (χ1n) is 4.36. The Morgan fingerprint density at radius 1 is 1.33 bits per heavy atom. The Hall–Kier alpha value is -1.36. The smallest absolute Gasteiger partial charge is 0.272 e. The summed E-state index contributed by atoms with van der Waals surface area (Å²) in [7, 11) is 1.41. The van der Waals surface area contributed by atoms with Crippen molar-refractivity contribution in [1.29, 1.82) is 0 Å². The minimum absolute atomic E-state index is 0.133. The average Bonchev–Trinajstić information content (AvgIpc) is 2.25. The minimum Gasteiger partial charge on any atom is -0.493 e. The molecular formula is C10H12F2O3. The molecule has 0 aliphatic rings. The molecule has 0 amide bonds. The van der Waals surface area contributed by atoms with Gasteiger partial charge in [-0.1, -0.05) is 6.07 Å². The van der Waals surface area contributed by atoms with Gasteiger partial charge in [0.15, 0.2) is 11.5 Å². The molecule has 0 heterocycles. The monoisotopic (exact) mass is 218 g/mol. The lowest BCUT2D eigenvalue weighted by Gasteiger charge is -2.11. The zero-order valence-corrected chi connectivity index (χ0v) is 8.24. The Morgan fingerprint density at radius 2 is 2.07 bits per heavy atom. The molecule has 15 heavy (non-hydrogen) atoms. The Balaban J connectivity index is 2.78. The molecule has 0 unspecified atom stereocenters. The van der Waals surface area contributed by atoms with Gasteiger partial charge in [0.2, 0.25) is 0 Å². The van der Waals surface area contributed by atoms with Crippen LogP contribution in [0.25, 0.3) is 0 Å². The molecule has 0 aromatic heterocycles. The van der Waals surface area contributed by atoms with Crippen molar-refractivity contribution in [2.75, 3.05) is 13.7 Å². The van der Waals surface area contributed by atoms with Crippen LogP contribution in [0.15, 0.2) is 18.2 Å². The summed E-state index contributed by atoms with van der Waals surface area (Å²) in [6.45, 7) is -0.805. The summed E-state index contributed by atoms with van der Waals surface area (Å²) in [5.74, 6) is 0.581. The van der Waals surface area contributed by atoms with Crippen molar-refractivity contribution < 1.29 is 23.4 Å². The highest BCUT2D eigenvalue weighted by Crippen LogP contribution is 2.28. The van der Waals surface area contributed by atoms with E-state index in [9.17, 15) is 8.78 Å². The molecule has 0 radical (unpaired) electrons. The van der Waals surface area contributed by atoms with E-state index in [0.717, 1.165) is 0 Å². The third-order valence-electron chi connectivity index (χ3n) is 1.78. The van der Waals surface area contributed by atoms with Crippen LogP contribution in [0.1, 0.15) is 5.56 Å². The number of rotatable bonds is 5. The summed E-state index contributed by atoms with van der Waals surface area (Å²) in [6.07, 6.45) is -2.52. The fourth-order valence-corrected chi connectivity index (χ4v) is 1.08. The van der Waals surface area contributed by atoms with Crippen LogP contribution in [-0.2, 0) is 6.61 Å². The van der Waals surface area contributed by atoms with E-state index in [4.69, 9.17) is 14.6 Å². The van der Waals surface area contributed by atoms with E-state index in [1.807, 2.05) is 0 Å². The molecule has 1 rings (SSSR count). The highest BCUT2D eigenvalue weighted by atomic mass is 19.3. The van der Waals surface area contributed by atoms with Crippen molar-refractivity contribution in [3.05, 3.63) is 23.8 Å². The first-order valence-corrected chi connectivity index (χ1v) is 4.36. The molecule has 0 aliphatic heterocycles. The second kappa shape index (κ2) is 5.50. The van der Waals surface area contributed by atoms with Gasteiger partial charge in [-0.15, -0.1) is 0 Å². The van der Waals surface area contributed by atoms with Crippen LogP contribution in [0.3, 0.4) is 0 Å². The second-order valence-electron chi connectivity index (χ2n) is 2.85. The van der Waals surface area contributed by atoms with Gasteiger partial charge in [0.25, 0.3) is 6.43 Å². The Labute approximate surface area is 86.2 Å². The molecule has 3 nitrogen and oxygen atoms in total. The molecule has 0 saturated heterocycles. The molecule has 0 fully saturated rings. The maximum Gasteiger partial charge on any atom is 0.272 e. The molecule has 1 aromatic rings. The first kappa shape index (κ1) is 11.7. The van der Waals surface area contributed by atoms with Crippen LogP contribution < -0.4 is 9.47 Å². The van der Waals surface area contributed by atoms with E-state index in [1.54, 1.807) is 12.1 Å². The van der Waals surface area contributed by atoms with E-state index in [0.29, 0.717) is 11.3 Å². The number of alkyl halides is 2. The summed E-state index contributed by atoms with van der Waals surface area (Å²) in [4.78, 5) is 0. The largest absolute Gasteiger partial charge is 0.493 e. The van der Waals surface area contributed by atoms with Crippen molar-refractivity contribution in [2.45, 2.75) is 13.0 Å². The predicted molar refractivity (Wildman–Crippen MR) is 50.4 cm³/mol. The van der Waals surface area contributed by atoms with Crippen LogP contribution in [0.2, 0.25) is 0 Å². The van der Waals surface area contributed by atoms with E-state index < -0.39 is 13.0 Å². The third kappa shape index (κ3) is 3.36. The number of hydrogen-bond acceptors (Lipinski definition) is 3. The molecule has 0 spiro atoms. The lowest BCUT2D eigenvalue weighted by molar-refractivity contribution is 0.0804. The molecular weight excluding hydrogens is 206 g/mol. The van der Waals surface area contributed by atoms with Crippen molar-refractivity contribution >= 4 is 0 Å². The number of halogens is 2. The Bertz CT molecular complexity index is 316. The molecule has 0 saturated carbocycles. The highest BCUT2D eigenvalue weighted by Gasteiger charge is 2.08. The number of methoxy groups -OCH3 is 1. The van der Waals surface area contributed by atoms with Gasteiger partial charge >= 0.3 is 0 Å². The van der Waals surface area contributed by atoms with Gasteiger partial charge in [0, 0.05) is 0 Å². The number of hydrogen-bond donors (Lipinski definition) is 1. The fourth-order valence-electron chi connectivity index (χ4n) is 1.08. The summed E-state index contributed by atoms with van der Waals surface area (Å²) in [6, 6.07) is 4.62. The Kier molecular flexibility index (Phi) is 4.30. The van der Waals surface area contributed by atoms with E-state index in [1.165, 1.54) is 13.2 Å². The SMILES string of the molecule is COc1cc(CO)ccc1OCC(F)F. The van der Waals surface area contributed by atoms with E-state index in [-0.39, 0.29) is 12.4 Å². The second-order valence-corrected chi connectivity index (χ2v) is 2.85. The van der Waals surface area contributed by atoms with Crippen molar-refractivity contribution in [1.82, 2.24) is 0 Å². The van der Waals surface area contributed by atoms with Gasteiger partial charge in [0.05, 0.1) is 13.7 Å². The lowest BCUT2D eigenvalue weighted by atomic mass is 10.2. The summed E-state index contributed by atoms with van der Waals surface area (Å²) < 4.78 is 33.6. The lowest BCUT2D eigenvalue weighted by Crippen LogP contribution is -2.07. The van der Waals surface area contributed by atoms with Gasteiger partial charge in [-0.2, -0.15) is 0 Å². The summed E-state index contributed by atoms with van der Waals surface area (Å²) >= 11 is 0. The maximum absolute atomic E-state index is 11.9. The normalized spacial score (nSPS) is 10.5. The van der Waals surface area contributed by atoms with Crippen LogP contribution in [-0.4, -0.2) is 25.2 Å². The van der Waals surface area contributed by atoms with Crippen molar-refractivity contribution in [3.63, 3.8) is 0 Å². The number of aliphatic hydroxyl groups is 1. The number of ether oxygens (including phenoxy) is 2. The minimum atomic E-state index is -2.52. The zero-order valence-electron chi connectivity index (χ0n) is 8.24. The van der Waals surface area contributed by atoms with Crippen LogP contribution in [0.4, 0.5) is 8.78 Å². The molecule has 1 N–H and O–H groups in total. The number of benzene rings is 1. The van der Waals surface area contributed by atoms with Gasteiger partial charge in [-0.25, -0.2) is 8.78 Å². The van der Waals surface area contributed by atoms with Crippen LogP contribution in [0, 0.1) is 0 Å². The Morgan fingerprint density at radius 3 is 2.60 bits per heavy atom. The number of aliphatic hydroxyl groups excluding tert-OH is 1. The summed E-state index contributed by atoms with van der Waals surface area (Å²) in [5.41, 5.74) is 0.635. The standard InChI is InChI=1S/C10H12F2O3/c1-14-9-4-7(5-13)2-3-8(9)15-6-10(11)12/h2-4,10,13H,5-6H2,1H3. The average molecular weight is 218 g/mol. The summed E-state index contributed by atoms with van der Waals surface area (Å²) in [5, 5.41) is 8.85. The maximum atomic E-state index is 11.9. The van der Waals surface area contributed by atoms with E-state index >= 15 is 0 Å². The molecule has 84 valence electrons. The molecule has 0 aliphatic carbocycles. The van der Waals surface area contributed by atoms with Gasteiger partial charge in [0.1, 0.15) is 6.61 Å². The first-order chi connectivity index (χ1) is 7.17. The fraction of sp³-hybridized carbons (Fsp3) is 0.400. The van der Waals surface area contributed by atoms with Gasteiger partial charge in [-0.3, -0.25) is 0 Å². The van der Waals surface area contributed by atoms with E-state index in [2.05, 4.69) is 0 Å². The quantitative estimate of drug-likeness (QED) is 0.819. The molecule has 0 bridgehead atoms. The van der Waals surface area contributed by atoms with Crippen molar-refractivity contribution in [3.8, 4) is 11.5 Å². The van der Waals surface area contributed by atoms with Crippen LogP contribution >= 0.6 is 0 Å². The zero-order chi connectivity index (χ0) is 11.3. The molecule has 1 aromatic carbocycles. The van der Waals surface area contributed by atoms with Gasteiger partial charge in [-0.05, 0) is 17.7 Å². The van der Waals surface area contributed by atoms with Crippen LogP contribution in [0.5, 0.6) is 11.5 Å².